The van der Waals surface area contributed by atoms with Crippen LogP contribution in [0.4, 0.5) is 18.9 Å². The molecule has 0 unspecified atom stereocenters. The fraction of sp³-hybridized carbons (Fsp3) is 0.333. The second kappa shape index (κ2) is 15.6. The van der Waals surface area contributed by atoms with Crippen LogP contribution >= 0.6 is 34.7 Å². The second-order valence-electron chi connectivity index (χ2n) is 10.2. The zero-order valence-corrected chi connectivity index (χ0v) is 26.5. The van der Waals surface area contributed by atoms with Gasteiger partial charge in [0.1, 0.15) is 12.4 Å². The van der Waals surface area contributed by atoms with Gasteiger partial charge in [-0.1, -0.05) is 35.4 Å². The summed E-state index contributed by atoms with van der Waals surface area (Å²) < 4.78 is 49.1. The molecule has 1 aromatic heterocycles. The van der Waals surface area contributed by atoms with Crippen LogP contribution in [0.1, 0.15) is 40.1 Å². The molecule has 2 amide bonds. The van der Waals surface area contributed by atoms with Crippen molar-refractivity contribution in [2.24, 2.45) is 10.7 Å². The van der Waals surface area contributed by atoms with Gasteiger partial charge in [-0.25, -0.2) is 4.99 Å². The second-order valence-corrected chi connectivity index (χ2v) is 12.0. The lowest BCUT2D eigenvalue weighted by atomic mass is 10.1. The Morgan fingerprint density at radius 1 is 1.09 bits per heavy atom. The number of aliphatic imine (C=N–C) groups is 1. The Morgan fingerprint density at radius 2 is 1.80 bits per heavy atom. The van der Waals surface area contributed by atoms with Gasteiger partial charge in [0.2, 0.25) is 5.91 Å². The Balaban J connectivity index is 1.58. The number of aryl methyl sites for hydroxylation is 1. The van der Waals surface area contributed by atoms with Gasteiger partial charge < -0.3 is 15.8 Å². The lowest BCUT2D eigenvalue weighted by Crippen LogP contribution is -2.37. The fourth-order valence-electron chi connectivity index (χ4n) is 4.48. The molecule has 7 rings (SSSR count). The zero-order chi connectivity index (χ0) is 32.6. The van der Waals surface area contributed by atoms with E-state index in [1.165, 1.54) is 28.6 Å². The number of hydrogen-bond donors (Lipinski definition) is 3. The van der Waals surface area contributed by atoms with Crippen molar-refractivity contribution in [2.45, 2.75) is 38.9 Å². The minimum atomic E-state index is -4.36. The van der Waals surface area contributed by atoms with Crippen LogP contribution < -0.4 is 21.1 Å². The third kappa shape index (κ3) is 10.2. The first kappa shape index (κ1) is 34.2. The van der Waals surface area contributed by atoms with Crippen LogP contribution in [0, 0.1) is 6.92 Å². The number of guanidine groups is 1. The summed E-state index contributed by atoms with van der Waals surface area (Å²) in [6.45, 7) is 1.73. The number of amides is 2. The molecule has 4 aliphatic heterocycles. The summed E-state index contributed by atoms with van der Waals surface area (Å²) in [7, 11) is 0. The Labute approximate surface area is 272 Å². The van der Waals surface area contributed by atoms with Crippen molar-refractivity contribution in [3.8, 4) is 17.0 Å². The van der Waals surface area contributed by atoms with Crippen LogP contribution in [0.25, 0.3) is 11.3 Å². The Kier molecular flexibility index (Phi) is 11.8. The highest BCUT2D eigenvalue weighted by atomic mass is 35.5. The van der Waals surface area contributed by atoms with Gasteiger partial charge in [0.15, 0.2) is 5.96 Å². The van der Waals surface area contributed by atoms with E-state index in [0.717, 1.165) is 5.56 Å². The van der Waals surface area contributed by atoms with Crippen LogP contribution in [0.3, 0.4) is 0 Å². The average Bonchev–Trinajstić information content (AvgIpc) is 3.36. The predicted octanol–water partition coefficient (Wildman–Crippen LogP) is 6.59. The molecule has 2 aromatic carbocycles. The van der Waals surface area contributed by atoms with Crippen LogP contribution in [-0.4, -0.2) is 59.5 Å². The van der Waals surface area contributed by atoms with Gasteiger partial charge in [0, 0.05) is 17.0 Å². The molecule has 45 heavy (non-hydrogen) atoms. The number of halogens is 5. The first-order valence-electron chi connectivity index (χ1n) is 13.9. The topological polar surface area (TPSA) is 122 Å². The van der Waals surface area contributed by atoms with Crippen molar-refractivity contribution < 1.29 is 27.5 Å². The molecule has 9 nitrogen and oxygen atoms in total. The fourth-order valence-corrected chi connectivity index (χ4v) is 5.81. The van der Waals surface area contributed by atoms with Gasteiger partial charge in [-0.3, -0.25) is 19.8 Å². The van der Waals surface area contributed by atoms with Gasteiger partial charge >= 0.3 is 6.18 Å². The van der Waals surface area contributed by atoms with Crippen LogP contribution in [0.2, 0.25) is 10.0 Å². The van der Waals surface area contributed by atoms with Crippen LogP contribution in [0.5, 0.6) is 5.75 Å². The third-order valence-electron chi connectivity index (χ3n) is 6.69. The number of aromatic nitrogens is 1. The van der Waals surface area contributed by atoms with Crippen LogP contribution in [0.15, 0.2) is 53.5 Å². The molecule has 4 bridgehead atoms. The number of nitrogens with zero attached hydrogens (tertiary/aromatic N) is 3. The molecular formula is C30H31Cl2F3N6O3S. The third-order valence-corrected chi connectivity index (χ3v) is 8.04. The van der Waals surface area contributed by atoms with Crippen molar-refractivity contribution in [2.75, 3.05) is 31.6 Å². The van der Waals surface area contributed by atoms with E-state index in [2.05, 4.69) is 20.0 Å². The SMILES string of the molecule is Cc1snc2c1C(=O)NC(N)=NCc1cc(Cl)c(c(Cl)c1)NC(=O)CN(CCC(F)(F)F)CCC/C=C/COc1ccc-2cc1. The summed E-state index contributed by atoms with van der Waals surface area (Å²) >= 11 is 14.0. The minimum absolute atomic E-state index is 0.00857. The Bertz CT molecular complexity index is 1550. The number of benzene rings is 2. The molecule has 0 fully saturated rings. The first-order chi connectivity index (χ1) is 21.4. The molecular weight excluding hydrogens is 652 g/mol. The molecule has 0 saturated heterocycles. The lowest BCUT2D eigenvalue weighted by Gasteiger charge is -2.22. The lowest BCUT2D eigenvalue weighted by molar-refractivity contribution is -0.139. The number of alkyl halides is 3. The molecule has 0 atom stereocenters. The van der Waals surface area contributed by atoms with Crippen molar-refractivity contribution in [3.05, 3.63) is 74.6 Å². The molecule has 3 aromatic rings. The van der Waals surface area contributed by atoms with E-state index in [4.69, 9.17) is 33.7 Å². The largest absolute Gasteiger partial charge is 0.490 e. The smallest absolute Gasteiger partial charge is 0.390 e. The molecule has 15 heteroatoms. The van der Waals surface area contributed by atoms with E-state index in [0.29, 0.717) is 40.3 Å². The number of allylic oxidation sites excluding steroid dienone is 1. The molecule has 4 aliphatic rings. The monoisotopic (exact) mass is 682 g/mol. The molecule has 0 spiro atoms. The summed E-state index contributed by atoms with van der Waals surface area (Å²) in [6, 6.07) is 10.2. The van der Waals surface area contributed by atoms with Crippen molar-refractivity contribution in [1.82, 2.24) is 14.6 Å². The molecule has 4 N–H and O–H groups in total. The van der Waals surface area contributed by atoms with E-state index in [1.54, 1.807) is 31.2 Å². The average molecular weight is 684 g/mol. The Hall–Kier alpha value is -3.65. The number of ether oxygens (including phenoxy) is 1. The molecule has 0 saturated carbocycles. The van der Waals surface area contributed by atoms with E-state index >= 15 is 0 Å². The molecule has 240 valence electrons. The summed E-state index contributed by atoms with van der Waals surface area (Å²) in [6.07, 6.45) is -0.616. The van der Waals surface area contributed by atoms with Crippen molar-refractivity contribution in [3.63, 3.8) is 0 Å². The summed E-state index contributed by atoms with van der Waals surface area (Å²) in [5.74, 6) is -0.564. The maximum atomic E-state index is 13.2. The maximum absolute atomic E-state index is 13.2. The standard InChI is InChI=1S/C30H31Cl2F3N6O3S/c1-18-25-26(40-45-18)20-6-8-21(9-7-20)44-13-5-3-2-4-11-41(12-10-30(33,34)35)17-24(42)38-27-22(31)14-19(15-23(27)32)16-37-29(36)39-28(25)43/h3,5-9,14-15H,2,4,10-13,16-17H2,1H3,(H,38,42)(H3,36,37,39,43)/b5-3+. The van der Waals surface area contributed by atoms with Gasteiger partial charge in [0.25, 0.3) is 5.91 Å². The number of nitrogens with one attached hydrogen (secondary N) is 2. The summed E-state index contributed by atoms with van der Waals surface area (Å²) in [4.78, 5) is 32.3. The minimum Gasteiger partial charge on any atom is -0.490 e. The highest BCUT2D eigenvalue weighted by Crippen LogP contribution is 2.33. The molecule has 0 radical (unpaired) electrons. The quantitative estimate of drug-likeness (QED) is 0.262. The van der Waals surface area contributed by atoms with Gasteiger partial charge in [-0.15, -0.1) is 0 Å². The summed E-state index contributed by atoms with van der Waals surface area (Å²) in [5, 5.41) is 5.41. The first-order valence-corrected chi connectivity index (χ1v) is 15.4. The maximum Gasteiger partial charge on any atom is 0.390 e. The highest BCUT2D eigenvalue weighted by molar-refractivity contribution is 7.06. The van der Waals surface area contributed by atoms with Crippen molar-refractivity contribution >= 4 is 58.2 Å². The van der Waals surface area contributed by atoms with Gasteiger partial charge in [-0.2, -0.15) is 17.5 Å². The van der Waals surface area contributed by atoms with E-state index in [1.807, 2.05) is 12.2 Å². The normalized spacial score (nSPS) is 16.8. The number of carbonyl (C=O) groups excluding carboxylic acids is 2. The molecule has 5 heterocycles. The predicted molar refractivity (Wildman–Crippen MR) is 171 cm³/mol. The zero-order valence-electron chi connectivity index (χ0n) is 24.2. The number of rotatable bonds is 2. The van der Waals surface area contributed by atoms with E-state index in [-0.39, 0.29) is 54.5 Å². The highest BCUT2D eigenvalue weighted by Gasteiger charge is 2.28. The molecule has 0 aliphatic carbocycles. The van der Waals surface area contributed by atoms with Gasteiger partial charge in [-0.05, 0) is 79.8 Å². The van der Waals surface area contributed by atoms with E-state index in [9.17, 15) is 22.8 Å². The number of carbonyl (C=O) groups is 2. The summed E-state index contributed by atoms with van der Waals surface area (Å²) in [5.41, 5.74) is 8.27. The Morgan fingerprint density at radius 3 is 2.49 bits per heavy atom. The number of hydrogen-bond acceptors (Lipinski definition) is 8. The number of anilines is 1. The van der Waals surface area contributed by atoms with Crippen molar-refractivity contribution in [1.29, 1.82) is 0 Å². The van der Waals surface area contributed by atoms with Crippen LogP contribution in [-0.2, 0) is 11.3 Å². The van der Waals surface area contributed by atoms with E-state index < -0.39 is 24.4 Å². The number of nitrogens with two attached hydrogens (primary N) is 1. The van der Waals surface area contributed by atoms with Gasteiger partial charge in [0.05, 0.1) is 46.5 Å².